The highest BCUT2D eigenvalue weighted by Crippen LogP contribution is 2.33. The second kappa shape index (κ2) is 11.3. The van der Waals surface area contributed by atoms with E-state index in [1.165, 1.54) is 20.8 Å². The van der Waals surface area contributed by atoms with Crippen molar-refractivity contribution in [2.24, 2.45) is 11.3 Å². The van der Waals surface area contributed by atoms with E-state index in [9.17, 15) is 33.0 Å². The smallest absolute Gasteiger partial charge is 0.479 e. The molecule has 0 radical (unpaired) electrons. The second-order valence-electron chi connectivity index (χ2n) is 7.65. The zero-order valence-electron chi connectivity index (χ0n) is 17.4. The van der Waals surface area contributed by atoms with Crippen LogP contribution in [0.25, 0.3) is 0 Å². The summed E-state index contributed by atoms with van der Waals surface area (Å²) in [5.74, 6) is -2.40. The second-order valence-corrected chi connectivity index (χ2v) is 9.41. The molecule has 0 fully saturated rings. The van der Waals surface area contributed by atoms with Crippen LogP contribution in [0.2, 0.25) is 0 Å². The van der Waals surface area contributed by atoms with Crippen molar-refractivity contribution in [3.8, 4) is 0 Å². The zero-order chi connectivity index (χ0) is 22.9. The van der Waals surface area contributed by atoms with E-state index in [0.717, 1.165) is 0 Å². The molecular weight excluding hydrogens is 410 g/mol. The first-order valence-corrected chi connectivity index (χ1v) is 10.6. The molecule has 170 valence electrons. The van der Waals surface area contributed by atoms with Crippen LogP contribution >= 0.6 is 0 Å². The Hall–Kier alpha value is -1.92. The van der Waals surface area contributed by atoms with Gasteiger partial charge in [0, 0.05) is 18.9 Å². The van der Waals surface area contributed by atoms with Crippen molar-refractivity contribution in [2.75, 3.05) is 32.1 Å². The van der Waals surface area contributed by atoms with Gasteiger partial charge in [0.25, 0.3) is 10.1 Å². The van der Waals surface area contributed by atoms with Crippen LogP contribution in [0.15, 0.2) is 0 Å². The molecule has 3 N–H and O–H groups in total. The number of nitrogens with one attached hydrogen (secondary N) is 1. The molecule has 0 aromatic carbocycles. The van der Waals surface area contributed by atoms with Crippen molar-refractivity contribution in [3.63, 3.8) is 0 Å². The van der Waals surface area contributed by atoms with Crippen molar-refractivity contribution in [1.29, 1.82) is 0 Å². The van der Waals surface area contributed by atoms with E-state index in [-0.39, 0.29) is 31.4 Å². The molecule has 0 saturated carbocycles. The normalized spacial score (nSPS) is 14.2. The first kappa shape index (κ1) is 27.1. The zero-order valence-corrected chi connectivity index (χ0v) is 18.2. The van der Waals surface area contributed by atoms with Crippen LogP contribution in [0.1, 0.15) is 41.0 Å². The molecule has 11 nitrogen and oxygen atoms in total. The summed E-state index contributed by atoms with van der Waals surface area (Å²) >= 11 is 0. The first-order chi connectivity index (χ1) is 13.1. The molecule has 0 aromatic rings. The third-order valence-corrected chi connectivity index (χ3v) is 5.22. The number of hydrogen-bond donors (Lipinski definition) is 3. The predicted octanol–water partition coefficient (Wildman–Crippen LogP) is 0.510. The van der Waals surface area contributed by atoms with E-state index >= 15 is 0 Å². The predicted molar refractivity (Wildman–Crippen MR) is 102 cm³/mol. The molecule has 0 bridgehead atoms. The van der Waals surface area contributed by atoms with Gasteiger partial charge in [0.2, 0.25) is 11.5 Å². The number of aliphatic carboxylic acids is 1. The quantitative estimate of drug-likeness (QED) is 0.208. The highest BCUT2D eigenvalue weighted by Gasteiger charge is 2.52. The van der Waals surface area contributed by atoms with Crippen LogP contribution in [-0.4, -0.2) is 74.4 Å². The molecule has 0 aromatic heterocycles. The van der Waals surface area contributed by atoms with Crippen molar-refractivity contribution in [1.82, 2.24) is 5.32 Å². The van der Waals surface area contributed by atoms with Crippen LogP contribution in [0, 0.1) is 11.3 Å². The Morgan fingerprint density at radius 1 is 1.10 bits per heavy atom. The van der Waals surface area contributed by atoms with Crippen molar-refractivity contribution in [3.05, 3.63) is 0 Å². The maximum atomic E-state index is 12.0. The molecule has 1 amide bonds. The number of carboxylic acids is 1. The number of carbonyl (C=O) groups is 3. The SMILES string of the molecule is CC(=O)NCCCS(=O)(=O)OCC(C)(C)[C@@](O)(COC(=O)OCC(C)C)C(=O)O. The van der Waals surface area contributed by atoms with Gasteiger partial charge in [-0.05, 0) is 12.3 Å². The number of rotatable bonds is 13. The summed E-state index contributed by atoms with van der Waals surface area (Å²) in [5, 5.41) is 22.4. The van der Waals surface area contributed by atoms with Gasteiger partial charge in [-0.3, -0.25) is 8.98 Å². The maximum absolute atomic E-state index is 12.0. The number of ether oxygens (including phenoxy) is 2. The minimum Gasteiger partial charge on any atom is -0.479 e. The van der Waals surface area contributed by atoms with E-state index in [2.05, 4.69) is 5.32 Å². The molecule has 0 rings (SSSR count). The highest BCUT2D eigenvalue weighted by molar-refractivity contribution is 7.86. The molecular formula is C17H31NO10S. The summed E-state index contributed by atoms with van der Waals surface area (Å²) in [6.07, 6.45) is -1.06. The Morgan fingerprint density at radius 3 is 2.17 bits per heavy atom. The van der Waals surface area contributed by atoms with Gasteiger partial charge in [0.15, 0.2) is 0 Å². The molecule has 0 spiro atoms. The van der Waals surface area contributed by atoms with E-state index < -0.39 is 52.2 Å². The van der Waals surface area contributed by atoms with Gasteiger partial charge in [-0.15, -0.1) is 0 Å². The third-order valence-electron chi connectivity index (χ3n) is 3.95. The minimum atomic E-state index is -4.04. The summed E-state index contributed by atoms with van der Waals surface area (Å²) in [5.41, 5.74) is -4.28. The van der Waals surface area contributed by atoms with Crippen LogP contribution < -0.4 is 5.32 Å². The van der Waals surface area contributed by atoms with Crippen LogP contribution in [0.4, 0.5) is 4.79 Å². The summed E-state index contributed by atoms with van der Waals surface area (Å²) in [4.78, 5) is 33.9. The van der Waals surface area contributed by atoms with Gasteiger partial charge in [-0.1, -0.05) is 27.7 Å². The Balaban J connectivity index is 4.92. The Morgan fingerprint density at radius 2 is 1.69 bits per heavy atom. The van der Waals surface area contributed by atoms with Gasteiger partial charge in [0.1, 0.15) is 6.61 Å². The van der Waals surface area contributed by atoms with Crippen LogP contribution in [-0.2, 0) is 33.4 Å². The Kier molecular flexibility index (Phi) is 10.6. The average molecular weight is 441 g/mol. The molecule has 29 heavy (non-hydrogen) atoms. The average Bonchev–Trinajstić information content (AvgIpc) is 2.59. The lowest BCUT2D eigenvalue weighted by Crippen LogP contribution is -2.57. The Labute approximate surface area is 170 Å². The first-order valence-electron chi connectivity index (χ1n) is 9.00. The number of amides is 1. The number of carboxylic acid groups (broad SMARTS) is 1. The molecule has 0 saturated heterocycles. The van der Waals surface area contributed by atoms with E-state index in [1.807, 2.05) is 0 Å². The van der Waals surface area contributed by atoms with Crippen LogP contribution in [0.5, 0.6) is 0 Å². The van der Waals surface area contributed by atoms with Gasteiger partial charge in [-0.25, -0.2) is 9.59 Å². The lowest BCUT2D eigenvalue weighted by atomic mass is 9.76. The van der Waals surface area contributed by atoms with E-state index in [0.29, 0.717) is 0 Å². The van der Waals surface area contributed by atoms with Gasteiger partial charge >= 0.3 is 12.1 Å². The number of carbonyl (C=O) groups excluding carboxylic acids is 2. The highest BCUT2D eigenvalue weighted by atomic mass is 32.2. The lowest BCUT2D eigenvalue weighted by Gasteiger charge is -2.37. The van der Waals surface area contributed by atoms with Crippen molar-refractivity contribution < 1.29 is 46.7 Å². The fourth-order valence-electron chi connectivity index (χ4n) is 1.92. The van der Waals surface area contributed by atoms with Gasteiger partial charge in [0.05, 0.1) is 19.0 Å². The maximum Gasteiger partial charge on any atom is 0.508 e. The summed E-state index contributed by atoms with van der Waals surface area (Å²) in [6, 6.07) is 0. The van der Waals surface area contributed by atoms with Gasteiger partial charge < -0.3 is 25.0 Å². The summed E-state index contributed by atoms with van der Waals surface area (Å²) in [6.45, 7) is 5.94. The summed E-state index contributed by atoms with van der Waals surface area (Å²) < 4.78 is 38.2. The van der Waals surface area contributed by atoms with E-state index in [1.54, 1.807) is 13.8 Å². The largest absolute Gasteiger partial charge is 0.508 e. The van der Waals surface area contributed by atoms with Crippen LogP contribution in [0.3, 0.4) is 0 Å². The minimum absolute atomic E-state index is 0.0293. The standard InChI is InChI=1S/C17H31NO10S/c1-12(2)9-26-15(22)27-11-17(23,14(20)21)16(4,5)10-28-29(24,25)8-6-7-18-13(3)19/h12,23H,6-11H2,1-5H3,(H,18,19)(H,20,21)/t17-/m1/s1. The molecule has 12 heteroatoms. The molecule has 0 aliphatic rings. The molecule has 0 aliphatic carbocycles. The lowest BCUT2D eigenvalue weighted by molar-refractivity contribution is -0.184. The topological polar surface area (TPSA) is 166 Å². The van der Waals surface area contributed by atoms with Gasteiger partial charge in [-0.2, -0.15) is 8.42 Å². The molecule has 1 atom stereocenters. The fourth-order valence-corrected chi connectivity index (χ4v) is 3.01. The Bertz CT molecular complexity index is 674. The van der Waals surface area contributed by atoms with Crippen molar-refractivity contribution in [2.45, 2.75) is 46.6 Å². The number of aliphatic hydroxyl groups is 1. The monoisotopic (exact) mass is 441 g/mol. The fraction of sp³-hybridized carbons (Fsp3) is 0.824. The number of hydrogen-bond acceptors (Lipinski definition) is 9. The van der Waals surface area contributed by atoms with Crippen molar-refractivity contribution >= 4 is 28.1 Å². The molecule has 0 unspecified atom stereocenters. The van der Waals surface area contributed by atoms with E-state index in [4.69, 9.17) is 13.7 Å². The summed E-state index contributed by atoms with van der Waals surface area (Å²) in [7, 11) is -4.04. The molecule has 0 heterocycles. The molecule has 0 aliphatic heterocycles. The third kappa shape index (κ3) is 9.90.